The van der Waals surface area contributed by atoms with Crippen LogP contribution >= 0.6 is 11.3 Å². The third kappa shape index (κ3) is 4.19. The average Bonchev–Trinajstić information content (AvgIpc) is 3.15. The van der Waals surface area contributed by atoms with Crippen molar-refractivity contribution in [1.82, 2.24) is 14.8 Å². The highest BCUT2D eigenvalue weighted by Crippen LogP contribution is 2.28. The molecule has 2 aliphatic rings. The molecule has 8 heteroatoms. The Labute approximate surface area is 168 Å². The molecule has 150 valence electrons. The number of carbonyl (C=O) groups excluding carboxylic acids is 2. The zero-order valence-electron chi connectivity index (χ0n) is 16.1. The third-order valence-electron chi connectivity index (χ3n) is 5.48. The van der Waals surface area contributed by atoms with Gasteiger partial charge in [0.2, 0.25) is 5.91 Å². The van der Waals surface area contributed by atoms with E-state index < -0.39 is 0 Å². The second-order valence-electron chi connectivity index (χ2n) is 7.37. The molecule has 3 heterocycles. The molecular formula is C20H26N4O3S. The lowest BCUT2D eigenvalue weighted by molar-refractivity contribution is -0.122. The first-order chi connectivity index (χ1) is 13.6. The fraction of sp³-hybridized carbons (Fsp3) is 0.550. The maximum absolute atomic E-state index is 12.7. The smallest absolute Gasteiger partial charge is 0.253 e. The molecule has 0 radical (unpaired) electrons. The predicted octanol–water partition coefficient (Wildman–Crippen LogP) is 2.58. The summed E-state index contributed by atoms with van der Waals surface area (Å²) in [5.74, 6) is 0.0205. The quantitative estimate of drug-likeness (QED) is 0.851. The van der Waals surface area contributed by atoms with E-state index in [0.717, 1.165) is 49.2 Å². The van der Waals surface area contributed by atoms with E-state index in [1.807, 2.05) is 30.0 Å². The lowest BCUT2D eigenvalue weighted by atomic mass is 10.1. The van der Waals surface area contributed by atoms with E-state index in [-0.39, 0.29) is 17.9 Å². The number of aromatic nitrogens is 1. The van der Waals surface area contributed by atoms with E-state index in [1.54, 1.807) is 0 Å². The number of benzene rings is 1. The minimum Gasteiger partial charge on any atom is -0.379 e. The first-order valence-corrected chi connectivity index (χ1v) is 10.8. The molecule has 0 saturated carbocycles. The molecule has 0 unspecified atom stereocenters. The molecule has 0 aliphatic carbocycles. The maximum atomic E-state index is 12.7. The first-order valence-electron chi connectivity index (χ1n) is 9.94. The van der Waals surface area contributed by atoms with Gasteiger partial charge >= 0.3 is 0 Å². The molecule has 28 heavy (non-hydrogen) atoms. The van der Waals surface area contributed by atoms with Crippen LogP contribution in [0.1, 0.15) is 36.5 Å². The Kier molecular flexibility index (Phi) is 5.89. The summed E-state index contributed by atoms with van der Waals surface area (Å²) in [5, 5.41) is 3.50. The summed E-state index contributed by atoms with van der Waals surface area (Å²) in [6, 6.07) is 5.36. The summed E-state index contributed by atoms with van der Waals surface area (Å²) in [4.78, 5) is 33.9. The molecule has 4 rings (SSSR count). The Balaban J connectivity index is 1.45. The minimum absolute atomic E-state index is 0.0643. The number of carbonyl (C=O) groups is 2. The van der Waals surface area contributed by atoms with Gasteiger partial charge in [0.25, 0.3) is 5.91 Å². The molecule has 2 saturated heterocycles. The molecule has 2 fully saturated rings. The number of likely N-dealkylation sites (tertiary alicyclic amines) is 1. The van der Waals surface area contributed by atoms with Gasteiger partial charge in [0, 0.05) is 31.7 Å². The van der Waals surface area contributed by atoms with Crippen molar-refractivity contribution < 1.29 is 14.3 Å². The van der Waals surface area contributed by atoms with Crippen molar-refractivity contribution in [2.75, 3.05) is 44.7 Å². The van der Waals surface area contributed by atoms with Gasteiger partial charge in [-0.3, -0.25) is 14.5 Å². The van der Waals surface area contributed by atoms with Gasteiger partial charge in [-0.2, -0.15) is 0 Å². The van der Waals surface area contributed by atoms with Crippen LogP contribution < -0.4 is 5.32 Å². The van der Waals surface area contributed by atoms with Crippen LogP contribution in [0.25, 0.3) is 10.2 Å². The van der Waals surface area contributed by atoms with Gasteiger partial charge < -0.3 is 15.0 Å². The van der Waals surface area contributed by atoms with Gasteiger partial charge in [-0.25, -0.2) is 4.98 Å². The van der Waals surface area contributed by atoms with E-state index in [4.69, 9.17) is 4.74 Å². The van der Waals surface area contributed by atoms with E-state index in [1.165, 1.54) is 17.8 Å². The SMILES string of the molecule is C[C@@H](C(=O)Nc1nc2ccc(C(=O)N3CCCCC3)cc2s1)N1CCOCC1. The number of rotatable bonds is 4. The van der Waals surface area contributed by atoms with E-state index >= 15 is 0 Å². The molecule has 2 aromatic rings. The third-order valence-corrected chi connectivity index (χ3v) is 6.42. The fourth-order valence-corrected chi connectivity index (χ4v) is 4.64. The van der Waals surface area contributed by atoms with Crippen molar-refractivity contribution in [3.8, 4) is 0 Å². The molecular weight excluding hydrogens is 376 g/mol. The lowest BCUT2D eigenvalue weighted by Gasteiger charge is -2.31. The van der Waals surface area contributed by atoms with Crippen LogP contribution in [0.2, 0.25) is 0 Å². The summed E-state index contributed by atoms with van der Waals surface area (Å²) in [6.45, 7) is 6.41. The number of nitrogens with one attached hydrogen (secondary N) is 1. The molecule has 0 spiro atoms. The van der Waals surface area contributed by atoms with Crippen LogP contribution in [0, 0.1) is 0 Å². The Morgan fingerprint density at radius 2 is 1.89 bits per heavy atom. The second-order valence-corrected chi connectivity index (χ2v) is 8.40. The molecule has 1 aromatic carbocycles. The van der Waals surface area contributed by atoms with Gasteiger partial charge in [-0.05, 0) is 44.4 Å². The Bertz CT molecular complexity index is 856. The molecule has 1 aromatic heterocycles. The molecule has 0 bridgehead atoms. The number of amides is 2. The van der Waals surface area contributed by atoms with E-state index in [2.05, 4.69) is 15.2 Å². The van der Waals surface area contributed by atoms with Gasteiger partial charge in [0.05, 0.1) is 29.5 Å². The van der Waals surface area contributed by atoms with Gasteiger partial charge in [0.1, 0.15) is 0 Å². The maximum Gasteiger partial charge on any atom is 0.253 e. The average molecular weight is 403 g/mol. The van der Waals surface area contributed by atoms with Crippen LogP contribution in [-0.2, 0) is 9.53 Å². The number of piperidine rings is 1. The minimum atomic E-state index is -0.229. The summed E-state index contributed by atoms with van der Waals surface area (Å²) in [5.41, 5.74) is 1.49. The van der Waals surface area contributed by atoms with Crippen LogP contribution in [0.3, 0.4) is 0 Å². The standard InChI is InChI=1S/C20H26N4O3S/c1-14(23-9-11-27-12-10-23)18(25)22-20-21-16-6-5-15(13-17(16)28-20)19(26)24-7-3-2-4-8-24/h5-6,13-14H,2-4,7-12H2,1H3,(H,21,22,25)/t14-/m0/s1. The van der Waals surface area contributed by atoms with Gasteiger partial charge in [-0.1, -0.05) is 11.3 Å². The molecule has 1 N–H and O–H groups in total. The van der Waals surface area contributed by atoms with Gasteiger partial charge in [0.15, 0.2) is 5.13 Å². The van der Waals surface area contributed by atoms with Crippen LogP contribution in [0.4, 0.5) is 5.13 Å². The highest BCUT2D eigenvalue weighted by Gasteiger charge is 2.24. The van der Waals surface area contributed by atoms with Crippen LogP contribution in [0.5, 0.6) is 0 Å². The normalized spacial score (nSPS) is 19.5. The number of anilines is 1. The summed E-state index contributed by atoms with van der Waals surface area (Å²) < 4.78 is 6.26. The fourth-order valence-electron chi connectivity index (χ4n) is 3.73. The highest BCUT2D eigenvalue weighted by molar-refractivity contribution is 7.22. The Morgan fingerprint density at radius 3 is 2.64 bits per heavy atom. The second kappa shape index (κ2) is 8.55. The number of fused-ring (bicyclic) bond motifs is 1. The lowest BCUT2D eigenvalue weighted by Crippen LogP contribution is -2.47. The Morgan fingerprint density at radius 1 is 1.14 bits per heavy atom. The summed E-state index contributed by atoms with van der Waals surface area (Å²) in [6.07, 6.45) is 3.35. The molecule has 2 amide bonds. The monoisotopic (exact) mass is 402 g/mol. The number of nitrogens with zero attached hydrogens (tertiary/aromatic N) is 3. The Hall–Kier alpha value is -2.03. The van der Waals surface area contributed by atoms with Crippen molar-refractivity contribution in [1.29, 1.82) is 0 Å². The topological polar surface area (TPSA) is 74.8 Å². The molecule has 2 aliphatic heterocycles. The number of morpholine rings is 1. The summed E-state index contributed by atoms with van der Waals surface area (Å²) >= 11 is 1.41. The van der Waals surface area contributed by atoms with Crippen LogP contribution in [-0.4, -0.2) is 72.0 Å². The van der Waals surface area contributed by atoms with Crippen molar-refractivity contribution in [2.24, 2.45) is 0 Å². The van der Waals surface area contributed by atoms with E-state index in [9.17, 15) is 9.59 Å². The molecule has 7 nitrogen and oxygen atoms in total. The van der Waals surface area contributed by atoms with Crippen molar-refractivity contribution in [3.05, 3.63) is 23.8 Å². The predicted molar refractivity (Wildman–Crippen MR) is 110 cm³/mol. The highest BCUT2D eigenvalue weighted by atomic mass is 32.1. The zero-order valence-corrected chi connectivity index (χ0v) is 17.0. The number of ether oxygens (including phenoxy) is 1. The van der Waals surface area contributed by atoms with Crippen molar-refractivity contribution in [3.63, 3.8) is 0 Å². The number of thiazole rings is 1. The number of hydrogen-bond acceptors (Lipinski definition) is 6. The zero-order chi connectivity index (χ0) is 19.5. The van der Waals surface area contributed by atoms with Crippen molar-refractivity contribution >= 4 is 38.5 Å². The van der Waals surface area contributed by atoms with E-state index in [0.29, 0.717) is 23.9 Å². The summed E-state index contributed by atoms with van der Waals surface area (Å²) in [7, 11) is 0. The molecule has 1 atom stereocenters. The first kappa shape index (κ1) is 19.3. The van der Waals surface area contributed by atoms with Crippen molar-refractivity contribution in [2.45, 2.75) is 32.2 Å². The van der Waals surface area contributed by atoms with Crippen LogP contribution in [0.15, 0.2) is 18.2 Å². The number of hydrogen-bond donors (Lipinski definition) is 1. The van der Waals surface area contributed by atoms with Gasteiger partial charge in [-0.15, -0.1) is 0 Å². The largest absolute Gasteiger partial charge is 0.379 e.